The van der Waals surface area contributed by atoms with Crippen molar-refractivity contribution in [3.05, 3.63) is 0 Å². The minimum Gasteiger partial charge on any atom is -0.392 e. The van der Waals surface area contributed by atoms with Gasteiger partial charge in [-0.15, -0.1) is 0 Å². The second-order valence-electron chi connectivity index (χ2n) is 3.07. The molecule has 0 spiro atoms. The van der Waals surface area contributed by atoms with Gasteiger partial charge in [0.15, 0.2) is 0 Å². The Morgan fingerprint density at radius 2 is 2.00 bits per heavy atom. The Balaban J connectivity index is 2.11. The van der Waals surface area contributed by atoms with Crippen molar-refractivity contribution in [3.8, 4) is 0 Å². The first-order valence-corrected chi connectivity index (χ1v) is 4.23. The van der Waals surface area contributed by atoms with Crippen LogP contribution in [0.15, 0.2) is 0 Å². The highest BCUT2D eigenvalue weighted by atomic mass is 16.3. The fraction of sp³-hybridized carbons (Fsp3) is 1.00. The van der Waals surface area contributed by atoms with Gasteiger partial charge >= 0.3 is 0 Å². The van der Waals surface area contributed by atoms with E-state index in [9.17, 15) is 5.11 Å². The van der Waals surface area contributed by atoms with Gasteiger partial charge in [-0.25, -0.2) is 0 Å². The van der Waals surface area contributed by atoms with E-state index in [2.05, 4.69) is 4.90 Å². The molecule has 1 heterocycles. The molecule has 0 unspecified atom stereocenters. The summed E-state index contributed by atoms with van der Waals surface area (Å²) in [6, 6.07) is 0. The average molecular weight is 143 g/mol. The van der Waals surface area contributed by atoms with Crippen molar-refractivity contribution < 1.29 is 5.11 Å². The van der Waals surface area contributed by atoms with E-state index in [1.54, 1.807) is 0 Å². The molecular weight excluding hydrogens is 126 g/mol. The molecule has 1 saturated heterocycles. The number of aliphatic hydroxyl groups excluding tert-OH is 1. The van der Waals surface area contributed by atoms with E-state index in [4.69, 9.17) is 0 Å². The van der Waals surface area contributed by atoms with Crippen LogP contribution in [0.4, 0.5) is 0 Å². The van der Waals surface area contributed by atoms with E-state index < -0.39 is 0 Å². The summed E-state index contributed by atoms with van der Waals surface area (Å²) in [5, 5.41) is 9.28. The molecule has 0 aliphatic carbocycles. The summed E-state index contributed by atoms with van der Waals surface area (Å²) in [4.78, 5) is 2.34. The topological polar surface area (TPSA) is 23.5 Å². The highest BCUT2D eigenvalue weighted by Gasteiger charge is 2.13. The second kappa shape index (κ2) is 3.94. The maximum absolute atomic E-state index is 9.28. The normalized spacial score (nSPS) is 23.4. The first-order valence-electron chi connectivity index (χ1n) is 4.23. The monoisotopic (exact) mass is 143 g/mol. The van der Waals surface area contributed by atoms with Crippen LogP contribution in [0, 0.1) is 0 Å². The molecule has 1 aliphatic rings. The molecule has 1 fully saturated rings. The summed E-state index contributed by atoms with van der Waals surface area (Å²) in [5.74, 6) is 0. The zero-order valence-electron chi connectivity index (χ0n) is 6.71. The molecule has 1 N–H and O–H groups in total. The summed E-state index contributed by atoms with van der Waals surface area (Å²) < 4.78 is 0. The Bertz CT molecular complexity index is 89.3. The Morgan fingerprint density at radius 1 is 1.40 bits per heavy atom. The molecule has 1 atom stereocenters. The molecule has 0 amide bonds. The van der Waals surface area contributed by atoms with Gasteiger partial charge in [0.1, 0.15) is 0 Å². The largest absolute Gasteiger partial charge is 0.392 e. The van der Waals surface area contributed by atoms with Gasteiger partial charge in [0.25, 0.3) is 0 Å². The number of hydrogen-bond acceptors (Lipinski definition) is 2. The van der Waals surface area contributed by atoms with Gasteiger partial charge in [-0.2, -0.15) is 0 Å². The van der Waals surface area contributed by atoms with Crippen molar-refractivity contribution in [3.63, 3.8) is 0 Å². The van der Waals surface area contributed by atoms with Gasteiger partial charge in [0.05, 0.1) is 6.10 Å². The predicted molar refractivity (Wildman–Crippen MR) is 42.0 cm³/mol. The lowest BCUT2D eigenvalue weighted by atomic mass is 10.3. The molecule has 0 saturated carbocycles. The lowest BCUT2D eigenvalue weighted by Gasteiger charge is -2.17. The third-order valence-electron chi connectivity index (χ3n) is 2.14. The summed E-state index contributed by atoms with van der Waals surface area (Å²) in [6.45, 7) is 5.30. The highest BCUT2D eigenvalue weighted by Crippen LogP contribution is 2.08. The smallest absolute Gasteiger partial charge is 0.0664 e. The number of aliphatic hydroxyl groups is 1. The van der Waals surface area contributed by atoms with Crippen LogP contribution in [0.1, 0.15) is 26.2 Å². The van der Waals surface area contributed by atoms with E-state index in [1.165, 1.54) is 25.9 Å². The molecule has 1 aliphatic heterocycles. The Morgan fingerprint density at radius 3 is 2.50 bits per heavy atom. The van der Waals surface area contributed by atoms with Crippen LogP contribution in [0.5, 0.6) is 0 Å². The lowest BCUT2D eigenvalue weighted by molar-refractivity contribution is 0.121. The Hall–Kier alpha value is -0.0800. The maximum atomic E-state index is 9.28. The molecule has 10 heavy (non-hydrogen) atoms. The van der Waals surface area contributed by atoms with Gasteiger partial charge in [0.2, 0.25) is 0 Å². The Kier molecular flexibility index (Phi) is 3.16. The summed E-state index contributed by atoms with van der Waals surface area (Å²) in [5.41, 5.74) is 0. The predicted octanol–water partition coefficient (Wildman–Crippen LogP) is 0.853. The molecule has 0 aromatic carbocycles. The maximum Gasteiger partial charge on any atom is 0.0664 e. The minimum absolute atomic E-state index is 0.0990. The van der Waals surface area contributed by atoms with Gasteiger partial charge in [0, 0.05) is 6.54 Å². The first kappa shape index (κ1) is 8.02. The van der Waals surface area contributed by atoms with Crippen molar-refractivity contribution in [2.75, 3.05) is 19.6 Å². The molecule has 0 bridgehead atoms. The van der Waals surface area contributed by atoms with Crippen LogP contribution >= 0.6 is 0 Å². The molecule has 1 rings (SSSR count). The number of nitrogens with zero attached hydrogens (tertiary/aromatic N) is 1. The number of likely N-dealkylation sites (tertiary alicyclic amines) is 1. The van der Waals surface area contributed by atoms with Crippen LogP contribution in [0.3, 0.4) is 0 Å². The molecule has 60 valence electrons. The molecule has 2 heteroatoms. The minimum atomic E-state index is -0.0990. The highest BCUT2D eigenvalue weighted by molar-refractivity contribution is 4.68. The molecule has 0 aromatic rings. The first-order chi connectivity index (χ1) is 4.83. The summed E-state index contributed by atoms with van der Waals surface area (Å²) >= 11 is 0. The fourth-order valence-corrected chi connectivity index (χ4v) is 1.39. The standard InChI is InChI=1S/C8H17NO/c1-2-8(10)7-9-5-3-4-6-9/h8,10H,2-7H2,1H3/t8-/m1/s1. The SMILES string of the molecule is CC[C@@H](O)CN1CCCC1. The van der Waals surface area contributed by atoms with E-state index in [0.29, 0.717) is 0 Å². The number of rotatable bonds is 3. The van der Waals surface area contributed by atoms with Gasteiger partial charge in [-0.1, -0.05) is 6.92 Å². The molecule has 0 aromatic heterocycles. The average Bonchev–Trinajstić information content (AvgIpc) is 2.40. The van der Waals surface area contributed by atoms with E-state index >= 15 is 0 Å². The molecular formula is C8H17NO. The van der Waals surface area contributed by atoms with Gasteiger partial charge in [-0.3, -0.25) is 0 Å². The third kappa shape index (κ3) is 2.27. The Labute approximate surface area is 62.8 Å². The van der Waals surface area contributed by atoms with Crippen LogP contribution in [-0.4, -0.2) is 35.7 Å². The van der Waals surface area contributed by atoms with Gasteiger partial charge in [-0.05, 0) is 32.4 Å². The molecule has 0 radical (unpaired) electrons. The summed E-state index contributed by atoms with van der Waals surface area (Å²) in [7, 11) is 0. The van der Waals surface area contributed by atoms with E-state index in [-0.39, 0.29) is 6.10 Å². The van der Waals surface area contributed by atoms with Crippen molar-refractivity contribution in [2.45, 2.75) is 32.3 Å². The van der Waals surface area contributed by atoms with Crippen LogP contribution < -0.4 is 0 Å². The molecule has 2 nitrogen and oxygen atoms in total. The fourth-order valence-electron chi connectivity index (χ4n) is 1.39. The van der Waals surface area contributed by atoms with Crippen molar-refractivity contribution >= 4 is 0 Å². The third-order valence-corrected chi connectivity index (χ3v) is 2.14. The van der Waals surface area contributed by atoms with Crippen LogP contribution in [0.25, 0.3) is 0 Å². The number of β-amino-alcohol motifs (C(OH)–C–C–N with tert-alkyl or cyclic N) is 1. The van der Waals surface area contributed by atoms with E-state index in [0.717, 1.165) is 13.0 Å². The zero-order valence-corrected chi connectivity index (χ0v) is 6.71. The van der Waals surface area contributed by atoms with Crippen LogP contribution in [0.2, 0.25) is 0 Å². The van der Waals surface area contributed by atoms with Crippen molar-refractivity contribution in [2.24, 2.45) is 0 Å². The quantitative estimate of drug-likeness (QED) is 0.633. The second-order valence-corrected chi connectivity index (χ2v) is 3.07. The summed E-state index contributed by atoms with van der Waals surface area (Å²) in [6.07, 6.45) is 3.42. The lowest BCUT2D eigenvalue weighted by Crippen LogP contribution is -2.29. The van der Waals surface area contributed by atoms with Crippen molar-refractivity contribution in [1.29, 1.82) is 0 Å². The zero-order chi connectivity index (χ0) is 7.40. The van der Waals surface area contributed by atoms with Gasteiger partial charge < -0.3 is 10.0 Å². The van der Waals surface area contributed by atoms with Crippen LogP contribution in [-0.2, 0) is 0 Å². The van der Waals surface area contributed by atoms with Crippen molar-refractivity contribution in [1.82, 2.24) is 4.90 Å². The number of hydrogen-bond donors (Lipinski definition) is 1. The van der Waals surface area contributed by atoms with E-state index in [1.807, 2.05) is 6.92 Å².